The third-order valence-corrected chi connectivity index (χ3v) is 12.1. The maximum atomic E-state index is 5.61. The molecule has 3 heterocycles. The van der Waals surface area contributed by atoms with Crippen LogP contribution in [-0.4, -0.2) is 14.4 Å². The number of para-hydroxylation sites is 3. The van der Waals surface area contributed by atoms with Gasteiger partial charge in [-0.25, -0.2) is 9.97 Å². The Morgan fingerprint density at radius 3 is 1.91 bits per heavy atom. The fourth-order valence-corrected chi connectivity index (χ4v) is 9.74. The molecule has 0 saturated carbocycles. The monoisotopic (exact) mass is 687 g/mol. The zero-order valence-electron chi connectivity index (χ0n) is 29.7. The molecule has 54 heavy (non-hydrogen) atoms. The number of benzene rings is 8. The van der Waals surface area contributed by atoms with Crippen molar-refractivity contribution in [3.05, 3.63) is 187 Å². The molecule has 0 amide bonds. The number of aromatic nitrogens is 3. The number of hydrogen-bond acceptors (Lipinski definition) is 2. The summed E-state index contributed by atoms with van der Waals surface area (Å²) >= 11 is 0. The van der Waals surface area contributed by atoms with Crippen molar-refractivity contribution in [1.82, 2.24) is 14.4 Å². The summed E-state index contributed by atoms with van der Waals surface area (Å²) in [6.07, 6.45) is 0. The molecule has 0 saturated heterocycles. The molecule has 3 aromatic heterocycles. The Balaban J connectivity index is 1.20. The molecule has 0 spiro atoms. The summed E-state index contributed by atoms with van der Waals surface area (Å²) in [7, 11) is 0. The van der Waals surface area contributed by atoms with E-state index in [0.717, 1.165) is 28.0 Å². The van der Waals surface area contributed by atoms with Crippen molar-refractivity contribution in [1.29, 1.82) is 0 Å². The van der Waals surface area contributed by atoms with Gasteiger partial charge in [0, 0.05) is 38.4 Å². The maximum Gasteiger partial charge on any atom is 0.160 e. The fraction of sp³-hybridized carbons (Fsp3) is 0.0588. The molecule has 1 aliphatic rings. The van der Waals surface area contributed by atoms with Crippen molar-refractivity contribution in [2.75, 3.05) is 0 Å². The Morgan fingerprint density at radius 2 is 1.09 bits per heavy atom. The molecule has 3 heteroatoms. The van der Waals surface area contributed by atoms with Gasteiger partial charge in [-0.05, 0) is 74.3 Å². The molecule has 8 aromatic carbocycles. The number of nitrogens with zero attached hydrogens (tertiary/aromatic N) is 3. The topological polar surface area (TPSA) is 30.2 Å². The third kappa shape index (κ3) is 4.01. The van der Waals surface area contributed by atoms with Crippen LogP contribution in [0.3, 0.4) is 0 Å². The molecular weight excluding hydrogens is 655 g/mol. The average molecular weight is 688 g/mol. The van der Waals surface area contributed by atoms with Crippen LogP contribution in [0.4, 0.5) is 0 Å². The molecule has 0 aliphatic heterocycles. The molecule has 2 atom stereocenters. The molecule has 0 radical (unpaired) electrons. The van der Waals surface area contributed by atoms with Crippen LogP contribution in [0.5, 0.6) is 0 Å². The third-order valence-electron chi connectivity index (χ3n) is 12.1. The predicted octanol–water partition coefficient (Wildman–Crippen LogP) is 13.2. The summed E-state index contributed by atoms with van der Waals surface area (Å²) < 4.78 is 2.50. The van der Waals surface area contributed by atoms with Crippen LogP contribution in [-0.2, 0) is 0 Å². The number of rotatable bonds is 3. The Morgan fingerprint density at radius 1 is 0.463 bits per heavy atom. The van der Waals surface area contributed by atoms with Gasteiger partial charge in [0.15, 0.2) is 5.82 Å². The summed E-state index contributed by atoms with van der Waals surface area (Å²) in [5.41, 5.74) is 14.6. The summed E-state index contributed by atoms with van der Waals surface area (Å²) in [5, 5.41) is 8.88. The lowest BCUT2D eigenvalue weighted by Crippen LogP contribution is -2.19. The second kappa shape index (κ2) is 11.1. The van der Waals surface area contributed by atoms with Crippen molar-refractivity contribution in [2.45, 2.75) is 18.8 Å². The van der Waals surface area contributed by atoms with Gasteiger partial charge in [-0.3, -0.25) is 0 Å². The van der Waals surface area contributed by atoms with Gasteiger partial charge in [-0.15, -0.1) is 0 Å². The molecule has 1 aliphatic carbocycles. The second-order valence-electron chi connectivity index (χ2n) is 14.9. The Kier molecular flexibility index (Phi) is 6.10. The zero-order chi connectivity index (χ0) is 35.5. The van der Waals surface area contributed by atoms with Crippen molar-refractivity contribution < 1.29 is 0 Å². The summed E-state index contributed by atoms with van der Waals surface area (Å²) in [6, 6.07) is 61.9. The van der Waals surface area contributed by atoms with Crippen LogP contribution in [0.2, 0.25) is 0 Å². The van der Waals surface area contributed by atoms with Crippen molar-refractivity contribution in [3.8, 4) is 33.6 Å². The standard InChI is InChI=1S/C51H33N3/c1-30-35-28-27-33-15-5-6-16-36(33)46(35)47-41(29-40-37-17-8-11-21-43(37)54-44-22-12-9-19-39(44)48(47)50(40)54)45(30)49-38-18-7-10-20-42(38)52-51(53-49)34-25-23-32(24-26-34)31-13-3-2-4-14-31/h2-30,45H,1H3. The van der Waals surface area contributed by atoms with E-state index in [0.29, 0.717) is 0 Å². The van der Waals surface area contributed by atoms with E-state index in [4.69, 9.17) is 9.97 Å². The normalized spacial score (nSPS) is 15.5. The Hall–Kier alpha value is -6.84. The van der Waals surface area contributed by atoms with Gasteiger partial charge in [0.2, 0.25) is 0 Å². The van der Waals surface area contributed by atoms with E-state index < -0.39 is 0 Å². The first-order valence-corrected chi connectivity index (χ1v) is 18.9. The first-order valence-electron chi connectivity index (χ1n) is 18.9. The molecule has 12 rings (SSSR count). The molecule has 252 valence electrons. The van der Waals surface area contributed by atoms with Crippen LogP contribution in [0.15, 0.2) is 170 Å². The first kappa shape index (κ1) is 29.7. The van der Waals surface area contributed by atoms with Crippen molar-refractivity contribution in [3.63, 3.8) is 0 Å². The smallest absolute Gasteiger partial charge is 0.160 e. The van der Waals surface area contributed by atoms with Gasteiger partial charge < -0.3 is 4.40 Å². The lowest BCUT2D eigenvalue weighted by Gasteiger charge is -2.35. The van der Waals surface area contributed by atoms with E-state index >= 15 is 0 Å². The van der Waals surface area contributed by atoms with Gasteiger partial charge in [0.05, 0.1) is 27.8 Å². The van der Waals surface area contributed by atoms with E-state index in [-0.39, 0.29) is 11.8 Å². The van der Waals surface area contributed by atoms with E-state index in [1.54, 1.807) is 0 Å². The van der Waals surface area contributed by atoms with E-state index in [9.17, 15) is 0 Å². The molecule has 11 aromatic rings. The minimum absolute atomic E-state index is 0.0144. The fourth-order valence-electron chi connectivity index (χ4n) is 9.74. The Bertz CT molecular complexity index is 3280. The minimum atomic E-state index is -0.0144. The lowest BCUT2D eigenvalue weighted by atomic mass is 9.68. The first-order chi connectivity index (χ1) is 26.7. The number of hydrogen-bond donors (Lipinski definition) is 0. The molecular formula is C51H33N3. The highest BCUT2D eigenvalue weighted by atomic mass is 14.9. The quantitative estimate of drug-likeness (QED) is 0.185. The SMILES string of the molecule is CC1c2ccc3ccccc3c2-c2c(cc3c4ccccc4n4c5ccccc5c2c34)C1c1nc(-c2ccc(-c3ccccc3)cc2)nc2ccccc12. The number of fused-ring (bicyclic) bond motifs is 13. The molecule has 3 nitrogen and oxygen atoms in total. The molecule has 0 N–H and O–H groups in total. The molecule has 2 unspecified atom stereocenters. The maximum absolute atomic E-state index is 5.61. The van der Waals surface area contributed by atoms with Gasteiger partial charge in [0.1, 0.15) is 0 Å². The highest BCUT2D eigenvalue weighted by Gasteiger charge is 2.38. The van der Waals surface area contributed by atoms with Crippen molar-refractivity contribution in [2.24, 2.45) is 0 Å². The summed E-state index contributed by atoms with van der Waals surface area (Å²) in [5.74, 6) is 0.895. The Labute approximate surface area is 312 Å². The van der Waals surface area contributed by atoms with Gasteiger partial charge in [-0.1, -0.05) is 153 Å². The molecule has 0 fully saturated rings. The van der Waals surface area contributed by atoms with Crippen LogP contribution < -0.4 is 0 Å². The van der Waals surface area contributed by atoms with Crippen molar-refractivity contribution >= 4 is 59.8 Å². The van der Waals surface area contributed by atoms with Gasteiger partial charge >= 0.3 is 0 Å². The zero-order valence-corrected chi connectivity index (χ0v) is 29.7. The largest absolute Gasteiger partial charge is 0.308 e. The van der Waals surface area contributed by atoms with E-state index in [1.165, 1.54) is 82.2 Å². The summed E-state index contributed by atoms with van der Waals surface area (Å²) in [4.78, 5) is 10.8. The lowest BCUT2D eigenvalue weighted by molar-refractivity contribution is 0.640. The van der Waals surface area contributed by atoms with E-state index in [2.05, 4.69) is 181 Å². The van der Waals surface area contributed by atoms with Crippen LogP contribution in [0.1, 0.15) is 35.6 Å². The second-order valence-corrected chi connectivity index (χ2v) is 14.9. The highest BCUT2D eigenvalue weighted by molar-refractivity contribution is 6.29. The highest BCUT2D eigenvalue weighted by Crippen LogP contribution is 2.57. The van der Waals surface area contributed by atoms with E-state index in [1.807, 2.05) is 0 Å². The predicted molar refractivity (Wildman–Crippen MR) is 225 cm³/mol. The van der Waals surface area contributed by atoms with Crippen LogP contribution in [0, 0.1) is 0 Å². The van der Waals surface area contributed by atoms with Gasteiger partial charge in [0.25, 0.3) is 0 Å². The van der Waals surface area contributed by atoms with Gasteiger partial charge in [-0.2, -0.15) is 0 Å². The van der Waals surface area contributed by atoms with Crippen LogP contribution in [0.25, 0.3) is 93.4 Å². The summed E-state index contributed by atoms with van der Waals surface area (Å²) in [6.45, 7) is 2.41. The molecule has 0 bridgehead atoms. The van der Waals surface area contributed by atoms with Crippen LogP contribution >= 0.6 is 0 Å². The minimum Gasteiger partial charge on any atom is -0.308 e. The average Bonchev–Trinajstić information content (AvgIpc) is 3.76.